The zero-order valence-corrected chi connectivity index (χ0v) is 19.2. The van der Waals surface area contributed by atoms with Gasteiger partial charge in [0.1, 0.15) is 18.0 Å². The summed E-state index contributed by atoms with van der Waals surface area (Å²) >= 11 is 0. The summed E-state index contributed by atoms with van der Waals surface area (Å²) in [4.78, 5) is 41.5. The number of nitrogens with zero attached hydrogens (tertiary/aromatic N) is 2. The number of likely N-dealkylation sites (tertiary alicyclic amines) is 1. The average molecular weight is 451 g/mol. The summed E-state index contributed by atoms with van der Waals surface area (Å²) in [6.07, 6.45) is 3.09. The van der Waals surface area contributed by atoms with Crippen LogP contribution in [0.2, 0.25) is 0 Å². The summed E-state index contributed by atoms with van der Waals surface area (Å²) in [5.74, 6) is 0.862. The minimum atomic E-state index is -0.292. The standard InChI is InChI=1S/C26H30N2O5/c1-18(2)20-8-4-5-9-23(20)32-16-22(29)19-10-11-24-21(14-19)28(26(31)17-33-24)15-25(30)27-12-6-3-7-13-27/h4-5,8-11,14,18H,3,6-7,12-13,15-17H2,1-2H3. The number of ether oxygens (including phenoxy) is 2. The van der Waals surface area contributed by atoms with E-state index in [1.54, 1.807) is 23.1 Å². The van der Waals surface area contributed by atoms with Gasteiger partial charge in [-0.15, -0.1) is 0 Å². The Morgan fingerprint density at radius 1 is 1.06 bits per heavy atom. The van der Waals surface area contributed by atoms with Gasteiger partial charge >= 0.3 is 0 Å². The van der Waals surface area contributed by atoms with Gasteiger partial charge in [-0.2, -0.15) is 0 Å². The van der Waals surface area contributed by atoms with Gasteiger partial charge < -0.3 is 14.4 Å². The Kier molecular flexibility index (Phi) is 6.96. The minimum absolute atomic E-state index is 0.0505. The summed E-state index contributed by atoms with van der Waals surface area (Å²) < 4.78 is 11.4. The molecule has 2 aromatic carbocycles. The maximum absolute atomic E-state index is 12.9. The largest absolute Gasteiger partial charge is 0.485 e. The number of ketones is 1. The van der Waals surface area contributed by atoms with Crippen molar-refractivity contribution in [1.82, 2.24) is 4.90 Å². The number of piperidine rings is 1. The monoisotopic (exact) mass is 450 g/mol. The molecule has 0 unspecified atom stereocenters. The van der Waals surface area contributed by atoms with E-state index in [1.807, 2.05) is 24.3 Å². The Balaban J connectivity index is 1.49. The van der Waals surface area contributed by atoms with Crippen LogP contribution in [0.15, 0.2) is 42.5 Å². The van der Waals surface area contributed by atoms with Gasteiger partial charge in [0.15, 0.2) is 19.0 Å². The predicted molar refractivity (Wildman–Crippen MR) is 125 cm³/mol. The number of Topliss-reactive ketones (excluding diaryl/α,β-unsaturated/α-hetero) is 1. The number of fused-ring (bicyclic) bond motifs is 1. The molecular formula is C26H30N2O5. The second kappa shape index (κ2) is 10.1. The predicted octanol–water partition coefficient (Wildman–Crippen LogP) is 3.81. The first-order chi connectivity index (χ1) is 15.9. The molecule has 0 aromatic heterocycles. The molecule has 2 heterocycles. The summed E-state index contributed by atoms with van der Waals surface area (Å²) in [6.45, 7) is 5.29. The van der Waals surface area contributed by atoms with Gasteiger partial charge in [0.05, 0.1) is 5.69 Å². The minimum Gasteiger partial charge on any atom is -0.485 e. The number of hydrogen-bond acceptors (Lipinski definition) is 5. The molecule has 0 N–H and O–H groups in total. The molecule has 0 radical (unpaired) electrons. The van der Waals surface area contributed by atoms with E-state index < -0.39 is 0 Å². The topological polar surface area (TPSA) is 76.2 Å². The van der Waals surface area contributed by atoms with Crippen molar-refractivity contribution in [3.05, 3.63) is 53.6 Å². The van der Waals surface area contributed by atoms with E-state index in [1.165, 1.54) is 4.90 Å². The lowest BCUT2D eigenvalue weighted by atomic mass is 10.0. The van der Waals surface area contributed by atoms with Gasteiger partial charge in [-0.25, -0.2) is 0 Å². The molecule has 33 heavy (non-hydrogen) atoms. The van der Waals surface area contributed by atoms with Gasteiger partial charge in [0, 0.05) is 18.7 Å². The highest BCUT2D eigenvalue weighted by molar-refractivity contribution is 6.04. The normalized spacial score (nSPS) is 15.8. The number of carbonyl (C=O) groups is 3. The first kappa shape index (κ1) is 22.8. The molecule has 7 heteroatoms. The Morgan fingerprint density at radius 3 is 2.58 bits per heavy atom. The lowest BCUT2D eigenvalue weighted by molar-refractivity contribution is -0.132. The van der Waals surface area contributed by atoms with Gasteiger partial charge in [0.25, 0.3) is 5.91 Å². The van der Waals surface area contributed by atoms with Crippen LogP contribution in [0.1, 0.15) is 54.9 Å². The number of anilines is 1. The summed E-state index contributed by atoms with van der Waals surface area (Å²) in [5.41, 5.74) is 1.90. The number of benzene rings is 2. The van der Waals surface area contributed by atoms with Crippen LogP contribution in [0.25, 0.3) is 0 Å². The van der Waals surface area contributed by atoms with E-state index in [2.05, 4.69) is 13.8 Å². The Hall–Kier alpha value is -3.35. The van der Waals surface area contributed by atoms with Gasteiger partial charge in [0.2, 0.25) is 5.91 Å². The van der Waals surface area contributed by atoms with E-state index in [4.69, 9.17) is 9.47 Å². The van der Waals surface area contributed by atoms with Crippen molar-refractivity contribution in [3.63, 3.8) is 0 Å². The van der Waals surface area contributed by atoms with E-state index >= 15 is 0 Å². The lowest BCUT2D eigenvalue weighted by Gasteiger charge is -2.32. The third kappa shape index (κ3) is 5.18. The van der Waals surface area contributed by atoms with Crippen molar-refractivity contribution in [3.8, 4) is 11.5 Å². The molecule has 2 amide bonds. The highest BCUT2D eigenvalue weighted by atomic mass is 16.5. The molecule has 0 saturated carbocycles. The number of carbonyl (C=O) groups excluding carboxylic acids is 3. The van der Waals surface area contributed by atoms with Crippen LogP contribution in [-0.2, 0) is 9.59 Å². The number of para-hydroxylation sites is 1. The highest BCUT2D eigenvalue weighted by Gasteiger charge is 2.30. The van der Waals surface area contributed by atoms with Crippen LogP contribution in [0.3, 0.4) is 0 Å². The fourth-order valence-corrected chi connectivity index (χ4v) is 4.24. The summed E-state index contributed by atoms with van der Waals surface area (Å²) in [5, 5.41) is 0. The Morgan fingerprint density at radius 2 is 1.82 bits per heavy atom. The quantitative estimate of drug-likeness (QED) is 0.600. The van der Waals surface area contributed by atoms with E-state index in [0.717, 1.165) is 37.9 Å². The fraction of sp³-hybridized carbons (Fsp3) is 0.423. The summed E-state index contributed by atoms with van der Waals surface area (Å²) in [7, 11) is 0. The van der Waals surface area contributed by atoms with Crippen molar-refractivity contribution in [2.24, 2.45) is 0 Å². The van der Waals surface area contributed by atoms with E-state index in [9.17, 15) is 14.4 Å². The SMILES string of the molecule is CC(C)c1ccccc1OCC(=O)c1ccc2c(c1)N(CC(=O)N1CCCCC1)C(=O)CO2. The average Bonchev–Trinajstić information content (AvgIpc) is 2.84. The second-order valence-corrected chi connectivity index (χ2v) is 8.80. The van der Waals surface area contributed by atoms with Crippen LogP contribution in [-0.4, -0.2) is 55.3 Å². The molecule has 2 aromatic rings. The zero-order valence-electron chi connectivity index (χ0n) is 19.2. The lowest BCUT2D eigenvalue weighted by Crippen LogP contribution is -2.47. The first-order valence-corrected chi connectivity index (χ1v) is 11.5. The van der Waals surface area contributed by atoms with E-state index in [0.29, 0.717) is 22.7 Å². The number of amides is 2. The van der Waals surface area contributed by atoms with Crippen LogP contribution in [0.5, 0.6) is 11.5 Å². The van der Waals surface area contributed by atoms with Crippen molar-refractivity contribution in [2.45, 2.75) is 39.0 Å². The zero-order chi connectivity index (χ0) is 23.4. The second-order valence-electron chi connectivity index (χ2n) is 8.80. The number of rotatable bonds is 7. The molecule has 1 fully saturated rings. The van der Waals surface area contributed by atoms with Crippen molar-refractivity contribution in [1.29, 1.82) is 0 Å². The molecular weight excluding hydrogens is 420 g/mol. The van der Waals surface area contributed by atoms with Gasteiger partial charge in [-0.05, 0) is 55.0 Å². The molecule has 2 aliphatic heterocycles. The third-order valence-electron chi connectivity index (χ3n) is 6.13. The molecule has 0 atom stereocenters. The van der Waals surface area contributed by atoms with Crippen LogP contribution < -0.4 is 14.4 Å². The van der Waals surface area contributed by atoms with E-state index in [-0.39, 0.29) is 43.3 Å². The Bertz CT molecular complexity index is 1040. The highest BCUT2D eigenvalue weighted by Crippen LogP contribution is 2.33. The van der Waals surface area contributed by atoms with Crippen LogP contribution in [0.4, 0.5) is 5.69 Å². The van der Waals surface area contributed by atoms with Gasteiger partial charge in [-0.3, -0.25) is 19.3 Å². The molecule has 0 bridgehead atoms. The fourth-order valence-electron chi connectivity index (χ4n) is 4.24. The molecule has 7 nitrogen and oxygen atoms in total. The Labute approximate surface area is 194 Å². The van der Waals surface area contributed by atoms with Crippen molar-refractivity contribution >= 4 is 23.3 Å². The maximum atomic E-state index is 12.9. The maximum Gasteiger partial charge on any atom is 0.265 e. The third-order valence-corrected chi connectivity index (χ3v) is 6.13. The molecule has 1 saturated heterocycles. The number of hydrogen-bond donors (Lipinski definition) is 0. The molecule has 0 aliphatic carbocycles. The van der Waals surface area contributed by atoms with Crippen molar-refractivity contribution in [2.75, 3.05) is 37.7 Å². The smallest absolute Gasteiger partial charge is 0.265 e. The summed E-state index contributed by atoms with van der Waals surface area (Å²) in [6, 6.07) is 12.6. The molecule has 0 spiro atoms. The molecule has 4 rings (SSSR count). The first-order valence-electron chi connectivity index (χ1n) is 11.5. The van der Waals surface area contributed by atoms with Gasteiger partial charge in [-0.1, -0.05) is 32.0 Å². The van der Waals surface area contributed by atoms with Crippen molar-refractivity contribution < 1.29 is 23.9 Å². The molecule has 2 aliphatic rings. The van der Waals surface area contributed by atoms with Crippen LogP contribution in [0, 0.1) is 0 Å². The molecule has 174 valence electrons. The van der Waals surface area contributed by atoms with Crippen LogP contribution >= 0.6 is 0 Å².